The minimum Gasteiger partial charge on any atom is -0.337 e. The van der Waals surface area contributed by atoms with Gasteiger partial charge in [0.15, 0.2) is 0 Å². The first kappa shape index (κ1) is 20.2. The topological polar surface area (TPSA) is 59.2 Å². The highest BCUT2D eigenvalue weighted by Gasteiger charge is 2.28. The van der Waals surface area contributed by atoms with Crippen LogP contribution in [-0.2, 0) is 11.3 Å². The van der Waals surface area contributed by atoms with Crippen LogP contribution in [0.25, 0.3) is 0 Å². The van der Waals surface area contributed by atoms with Gasteiger partial charge in [-0.2, -0.15) is 0 Å². The molecule has 4 nitrogen and oxygen atoms in total. The predicted octanol–water partition coefficient (Wildman–Crippen LogP) is 2.79. The maximum absolute atomic E-state index is 12.5. The Morgan fingerprint density at radius 1 is 1.38 bits per heavy atom. The summed E-state index contributed by atoms with van der Waals surface area (Å²) >= 11 is 0. The van der Waals surface area contributed by atoms with E-state index in [-0.39, 0.29) is 42.7 Å². The van der Waals surface area contributed by atoms with Crippen molar-refractivity contribution in [2.24, 2.45) is 11.7 Å². The van der Waals surface area contributed by atoms with Gasteiger partial charge in [0, 0.05) is 24.7 Å². The van der Waals surface area contributed by atoms with Crippen molar-refractivity contribution in [3.8, 4) is 0 Å². The highest BCUT2D eigenvalue weighted by Crippen LogP contribution is 2.25. The van der Waals surface area contributed by atoms with Crippen LogP contribution in [0, 0.1) is 5.92 Å². The fourth-order valence-electron chi connectivity index (χ4n) is 2.74. The molecule has 1 aliphatic carbocycles. The van der Waals surface area contributed by atoms with Crippen LogP contribution in [0.15, 0.2) is 24.4 Å². The second-order valence-corrected chi connectivity index (χ2v) is 5.30. The summed E-state index contributed by atoms with van der Waals surface area (Å²) < 4.78 is 0. The molecule has 1 fully saturated rings. The molecule has 1 saturated carbocycles. The molecule has 21 heavy (non-hydrogen) atoms. The molecule has 6 heteroatoms. The first-order chi connectivity index (χ1) is 9.20. The Labute approximate surface area is 139 Å². The van der Waals surface area contributed by atoms with Gasteiger partial charge in [-0.1, -0.05) is 12.5 Å². The Hall–Kier alpha value is -0.840. The number of nitrogens with two attached hydrogens (primary N) is 1. The molecule has 1 aliphatic rings. The van der Waals surface area contributed by atoms with Gasteiger partial charge < -0.3 is 10.6 Å². The van der Waals surface area contributed by atoms with Crippen molar-refractivity contribution in [1.29, 1.82) is 0 Å². The Balaban J connectivity index is 0.00000200. The molecule has 0 radical (unpaired) electrons. The van der Waals surface area contributed by atoms with Crippen molar-refractivity contribution in [1.82, 2.24) is 9.88 Å². The van der Waals surface area contributed by atoms with Crippen LogP contribution >= 0.6 is 24.8 Å². The Morgan fingerprint density at radius 3 is 2.71 bits per heavy atom. The largest absolute Gasteiger partial charge is 0.337 e. The predicted molar refractivity (Wildman–Crippen MR) is 89.8 cm³/mol. The number of carbonyl (C=O) groups excluding carboxylic acids is 1. The molecule has 1 aromatic rings. The van der Waals surface area contributed by atoms with Gasteiger partial charge in [0.05, 0.1) is 12.2 Å². The molecule has 2 unspecified atom stereocenters. The normalized spacial score (nSPS) is 20.9. The molecule has 2 atom stereocenters. The minimum atomic E-state index is 0. The monoisotopic (exact) mass is 333 g/mol. The van der Waals surface area contributed by atoms with Crippen LogP contribution in [0.3, 0.4) is 0 Å². The van der Waals surface area contributed by atoms with Crippen LogP contribution in [0.5, 0.6) is 0 Å². The lowest BCUT2D eigenvalue weighted by atomic mass is 9.85. The highest BCUT2D eigenvalue weighted by atomic mass is 35.5. The number of rotatable bonds is 4. The van der Waals surface area contributed by atoms with Crippen molar-refractivity contribution in [3.05, 3.63) is 30.1 Å². The van der Waals surface area contributed by atoms with Gasteiger partial charge in [-0.3, -0.25) is 9.78 Å². The van der Waals surface area contributed by atoms with Gasteiger partial charge in [0.25, 0.3) is 0 Å². The molecule has 0 aromatic carbocycles. The molecule has 2 rings (SSSR count). The number of nitrogens with zero attached hydrogens (tertiary/aromatic N) is 2. The van der Waals surface area contributed by atoms with Gasteiger partial charge in [0.2, 0.25) is 5.91 Å². The summed E-state index contributed by atoms with van der Waals surface area (Å²) in [6.07, 6.45) is 5.70. The number of hydrogen-bond acceptors (Lipinski definition) is 3. The van der Waals surface area contributed by atoms with E-state index in [1.807, 2.05) is 30.0 Å². The van der Waals surface area contributed by atoms with Crippen LogP contribution in [0.4, 0.5) is 0 Å². The van der Waals surface area contributed by atoms with Crippen molar-refractivity contribution >= 4 is 30.7 Å². The molecular formula is C15H25Cl2N3O. The molecule has 0 spiro atoms. The van der Waals surface area contributed by atoms with Crippen molar-refractivity contribution < 1.29 is 4.79 Å². The first-order valence-electron chi connectivity index (χ1n) is 7.15. The van der Waals surface area contributed by atoms with Crippen LogP contribution in [0.2, 0.25) is 0 Å². The smallest absolute Gasteiger partial charge is 0.226 e. The summed E-state index contributed by atoms with van der Waals surface area (Å²) in [6.45, 7) is 3.34. The molecule has 1 amide bonds. The summed E-state index contributed by atoms with van der Waals surface area (Å²) in [5.74, 6) is 0.343. The molecular weight excluding hydrogens is 309 g/mol. The fourth-order valence-corrected chi connectivity index (χ4v) is 2.74. The summed E-state index contributed by atoms with van der Waals surface area (Å²) in [6, 6.07) is 6.00. The second kappa shape index (κ2) is 9.98. The third-order valence-corrected chi connectivity index (χ3v) is 3.84. The average molecular weight is 334 g/mol. The van der Waals surface area contributed by atoms with E-state index in [4.69, 9.17) is 5.73 Å². The van der Waals surface area contributed by atoms with E-state index < -0.39 is 0 Å². The number of pyridine rings is 1. The van der Waals surface area contributed by atoms with Crippen molar-refractivity contribution in [3.63, 3.8) is 0 Å². The van der Waals surface area contributed by atoms with E-state index >= 15 is 0 Å². The van der Waals surface area contributed by atoms with E-state index in [1.54, 1.807) is 6.20 Å². The average Bonchev–Trinajstić information content (AvgIpc) is 2.45. The summed E-state index contributed by atoms with van der Waals surface area (Å²) in [4.78, 5) is 18.7. The number of halogens is 2. The Bertz CT molecular complexity index is 417. The molecule has 0 bridgehead atoms. The van der Waals surface area contributed by atoms with E-state index in [9.17, 15) is 4.79 Å². The SMILES string of the molecule is CCN(Cc1ccccn1)C(=O)C1CCCC(N)C1.Cl.Cl. The lowest BCUT2D eigenvalue weighted by molar-refractivity contribution is -0.137. The van der Waals surface area contributed by atoms with E-state index in [2.05, 4.69) is 4.98 Å². The van der Waals surface area contributed by atoms with Gasteiger partial charge >= 0.3 is 0 Å². The molecule has 0 aliphatic heterocycles. The molecule has 0 saturated heterocycles. The number of amides is 1. The third-order valence-electron chi connectivity index (χ3n) is 3.84. The molecule has 2 N–H and O–H groups in total. The fraction of sp³-hybridized carbons (Fsp3) is 0.600. The van der Waals surface area contributed by atoms with E-state index in [0.29, 0.717) is 6.54 Å². The van der Waals surface area contributed by atoms with Gasteiger partial charge in [-0.25, -0.2) is 0 Å². The number of carbonyl (C=O) groups is 1. The summed E-state index contributed by atoms with van der Waals surface area (Å²) in [5, 5.41) is 0. The Kier molecular flexibility index (Phi) is 9.58. The highest BCUT2D eigenvalue weighted by molar-refractivity contribution is 5.85. The number of hydrogen-bond donors (Lipinski definition) is 1. The molecule has 1 aromatic heterocycles. The number of aromatic nitrogens is 1. The van der Waals surface area contributed by atoms with Gasteiger partial charge in [-0.15, -0.1) is 24.8 Å². The quantitative estimate of drug-likeness (QED) is 0.921. The molecule has 120 valence electrons. The standard InChI is InChI=1S/C15H23N3O.2ClH/c1-2-18(11-14-8-3-4-9-17-14)15(19)12-6-5-7-13(16)10-12;;/h3-4,8-9,12-13H,2,5-7,10-11,16H2,1H3;2*1H. The zero-order valence-electron chi connectivity index (χ0n) is 12.4. The lowest BCUT2D eigenvalue weighted by Gasteiger charge is -2.30. The van der Waals surface area contributed by atoms with Crippen molar-refractivity contribution in [2.45, 2.75) is 45.2 Å². The lowest BCUT2D eigenvalue weighted by Crippen LogP contribution is -2.40. The first-order valence-corrected chi connectivity index (χ1v) is 7.15. The third kappa shape index (κ3) is 5.81. The van der Waals surface area contributed by atoms with Crippen LogP contribution in [0.1, 0.15) is 38.3 Å². The minimum absolute atomic E-state index is 0. The zero-order valence-corrected chi connectivity index (χ0v) is 14.0. The maximum Gasteiger partial charge on any atom is 0.226 e. The van der Waals surface area contributed by atoms with Crippen molar-refractivity contribution in [2.75, 3.05) is 6.54 Å². The van der Waals surface area contributed by atoms with Crippen LogP contribution in [-0.4, -0.2) is 28.4 Å². The maximum atomic E-state index is 12.5. The molecule has 1 heterocycles. The van der Waals surface area contributed by atoms with Crippen LogP contribution < -0.4 is 5.73 Å². The summed E-state index contributed by atoms with van der Waals surface area (Å²) in [5.41, 5.74) is 6.92. The summed E-state index contributed by atoms with van der Waals surface area (Å²) in [7, 11) is 0. The van der Waals surface area contributed by atoms with E-state index in [1.165, 1.54) is 0 Å². The second-order valence-electron chi connectivity index (χ2n) is 5.30. The van der Waals surface area contributed by atoms with Gasteiger partial charge in [0.1, 0.15) is 0 Å². The Morgan fingerprint density at radius 2 is 2.14 bits per heavy atom. The van der Waals surface area contributed by atoms with Gasteiger partial charge in [-0.05, 0) is 38.3 Å². The van der Waals surface area contributed by atoms with E-state index in [0.717, 1.165) is 37.9 Å². The zero-order chi connectivity index (χ0) is 13.7.